The first-order chi connectivity index (χ1) is 15.0. The van der Waals surface area contributed by atoms with Crippen molar-refractivity contribution in [3.8, 4) is 0 Å². The molecule has 0 aromatic heterocycles. The standard InChI is InChI=1S/C30H50O3/c1-25(2)15-16-27(5)17-18-29(7)20(21(27)19-25)9-10-23-28(6,13-12-24(31)32)22(26(3,4)33)11-14-30(23,29)8/h9,21-23,33H,10-19H2,1-8H3,(H,31,32)/t21-,22-,23+,27+,28-,29+,30+/m0/s1. The van der Waals surface area contributed by atoms with Gasteiger partial charge in [-0.05, 0) is 116 Å². The molecule has 0 spiro atoms. The van der Waals surface area contributed by atoms with Gasteiger partial charge >= 0.3 is 5.97 Å². The summed E-state index contributed by atoms with van der Waals surface area (Å²) >= 11 is 0. The molecule has 0 heterocycles. The van der Waals surface area contributed by atoms with Gasteiger partial charge in [0.25, 0.3) is 0 Å². The molecular weight excluding hydrogens is 408 g/mol. The summed E-state index contributed by atoms with van der Waals surface area (Å²) in [6.45, 7) is 18.8. The second-order valence-corrected chi connectivity index (χ2v) is 14.9. The van der Waals surface area contributed by atoms with Crippen molar-refractivity contribution >= 4 is 5.97 Å². The lowest BCUT2D eigenvalue weighted by molar-refractivity contribution is -0.184. The molecule has 3 fully saturated rings. The van der Waals surface area contributed by atoms with E-state index < -0.39 is 11.6 Å². The first-order valence-corrected chi connectivity index (χ1v) is 13.6. The highest BCUT2D eigenvalue weighted by Gasteiger charge is 2.66. The molecule has 188 valence electrons. The summed E-state index contributed by atoms with van der Waals surface area (Å²) in [5.41, 5.74) is 1.93. The largest absolute Gasteiger partial charge is 0.481 e. The molecule has 3 saturated carbocycles. The Bertz CT molecular complexity index is 834. The summed E-state index contributed by atoms with van der Waals surface area (Å²) < 4.78 is 0. The van der Waals surface area contributed by atoms with Gasteiger partial charge in [-0.1, -0.05) is 53.2 Å². The van der Waals surface area contributed by atoms with Crippen LogP contribution in [0.5, 0.6) is 0 Å². The second-order valence-electron chi connectivity index (χ2n) is 14.9. The van der Waals surface area contributed by atoms with Crippen molar-refractivity contribution in [1.82, 2.24) is 0 Å². The summed E-state index contributed by atoms with van der Waals surface area (Å²) in [5.74, 6) is 0.497. The molecule has 0 bridgehead atoms. The highest BCUT2D eigenvalue weighted by atomic mass is 16.4. The fourth-order valence-corrected chi connectivity index (χ4v) is 9.77. The predicted molar refractivity (Wildman–Crippen MR) is 135 cm³/mol. The van der Waals surface area contributed by atoms with Crippen LogP contribution in [0.2, 0.25) is 0 Å². The number of carboxylic acid groups (broad SMARTS) is 1. The molecule has 33 heavy (non-hydrogen) atoms. The maximum atomic E-state index is 11.7. The molecule has 0 amide bonds. The van der Waals surface area contributed by atoms with Gasteiger partial charge in [-0.15, -0.1) is 0 Å². The molecular formula is C30H50O3. The quantitative estimate of drug-likeness (QED) is 0.426. The van der Waals surface area contributed by atoms with Crippen molar-refractivity contribution in [2.24, 2.45) is 44.8 Å². The van der Waals surface area contributed by atoms with E-state index in [4.69, 9.17) is 0 Å². The van der Waals surface area contributed by atoms with Crippen LogP contribution in [-0.4, -0.2) is 21.8 Å². The Balaban J connectivity index is 1.79. The molecule has 3 nitrogen and oxygen atoms in total. The van der Waals surface area contributed by atoms with Gasteiger partial charge in [0, 0.05) is 6.42 Å². The fourth-order valence-electron chi connectivity index (χ4n) is 9.77. The maximum absolute atomic E-state index is 11.7. The van der Waals surface area contributed by atoms with Crippen molar-refractivity contribution in [2.45, 2.75) is 125 Å². The molecule has 0 unspecified atom stereocenters. The average molecular weight is 459 g/mol. The molecule has 3 heteroatoms. The average Bonchev–Trinajstić information content (AvgIpc) is 2.67. The third-order valence-electron chi connectivity index (χ3n) is 12.1. The van der Waals surface area contributed by atoms with Gasteiger partial charge < -0.3 is 10.2 Å². The van der Waals surface area contributed by atoms with Crippen molar-refractivity contribution < 1.29 is 15.0 Å². The van der Waals surface area contributed by atoms with Crippen LogP contribution in [0.25, 0.3) is 0 Å². The topological polar surface area (TPSA) is 57.5 Å². The summed E-state index contributed by atoms with van der Waals surface area (Å²) in [6, 6.07) is 0. The zero-order chi connectivity index (χ0) is 24.7. The van der Waals surface area contributed by atoms with E-state index >= 15 is 0 Å². The molecule has 4 aliphatic rings. The van der Waals surface area contributed by atoms with Gasteiger partial charge in [0.15, 0.2) is 0 Å². The van der Waals surface area contributed by atoms with Gasteiger partial charge in [0.05, 0.1) is 5.60 Å². The zero-order valence-corrected chi connectivity index (χ0v) is 22.7. The van der Waals surface area contributed by atoms with Crippen LogP contribution >= 0.6 is 0 Å². The lowest BCUT2D eigenvalue weighted by atomic mass is 9.35. The van der Waals surface area contributed by atoms with Crippen LogP contribution in [0.15, 0.2) is 11.6 Å². The van der Waals surface area contributed by atoms with Crippen molar-refractivity contribution in [2.75, 3.05) is 0 Å². The lowest BCUT2D eigenvalue weighted by Gasteiger charge is -2.69. The Kier molecular flexibility index (Phi) is 5.81. The lowest BCUT2D eigenvalue weighted by Crippen LogP contribution is -2.63. The van der Waals surface area contributed by atoms with Crippen LogP contribution in [0.3, 0.4) is 0 Å². The van der Waals surface area contributed by atoms with Crippen LogP contribution in [0, 0.1) is 44.8 Å². The van der Waals surface area contributed by atoms with E-state index in [1.807, 2.05) is 13.8 Å². The number of hydrogen-bond donors (Lipinski definition) is 2. The first-order valence-electron chi connectivity index (χ1n) is 13.6. The maximum Gasteiger partial charge on any atom is 0.303 e. The number of carbonyl (C=O) groups is 1. The number of carboxylic acids is 1. The third-order valence-corrected chi connectivity index (χ3v) is 12.1. The monoisotopic (exact) mass is 458 g/mol. The van der Waals surface area contributed by atoms with Gasteiger partial charge in [0.1, 0.15) is 0 Å². The molecule has 4 rings (SSSR count). The Morgan fingerprint density at radius 1 is 1.03 bits per heavy atom. The van der Waals surface area contributed by atoms with Gasteiger partial charge in [0.2, 0.25) is 0 Å². The number of aliphatic hydroxyl groups is 1. The van der Waals surface area contributed by atoms with Crippen LogP contribution in [-0.2, 0) is 4.79 Å². The van der Waals surface area contributed by atoms with E-state index in [-0.39, 0.29) is 28.6 Å². The van der Waals surface area contributed by atoms with Crippen molar-refractivity contribution in [3.63, 3.8) is 0 Å². The Morgan fingerprint density at radius 2 is 1.67 bits per heavy atom. The van der Waals surface area contributed by atoms with Crippen LogP contribution in [0.4, 0.5) is 0 Å². The Morgan fingerprint density at radius 3 is 2.27 bits per heavy atom. The van der Waals surface area contributed by atoms with Crippen LogP contribution in [0.1, 0.15) is 120 Å². The zero-order valence-electron chi connectivity index (χ0n) is 22.7. The molecule has 0 radical (unpaired) electrons. The Labute approximate surface area is 202 Å². The van der Waals surface area contributed by atoms with Gasteiger partial charge in [-0.25, -0.2) is 0 Å². The summed E-state index contributed by atoms with van der Waals surface area (Å²) in [5, 5.41) is 20.8. The molecule has 0 saturated heterocycles. The highest BCUT2D eigenvalue weighted by molar-refractivity contribution is 5.66. The van der Waals surface area contributed by atoms with E-state index in [1.165, 1.54) is 32.1 Å². The summed E-state index contributed by atoms with van der Waals surface area (Å²) in [4.78, 5) is 11.7. The van der Waals surface area contributed by atoms with E-state index in [0.717, 1.165) is 19.3 Å². The second kappa shape index (κ2) is 7.58. The normalized spacial score (nSPS) is 47.1. The fraction of sp³-hybridized carbons (Fsp3) is 0.900. The number of hydrogen-bond acceptors (Lipinski definition) is 2. The molecule has 2 N–H and O–H groups in total. The minimum atomic E-state index is -0.794. The molecule has 7 atom stereocenters. The first kappa shape index (κ1) is 25.3. The number of allylic oxidation sites excluding steroid dienone is 2. The summed E-state index contributed by atoms with van der Waals surface area (Å²) in [7, 11) is 0. The van der Waals surface area contributed by atoms with E-state index in [2.05, 4.69) is 47.6 Å². The number of fused-ring (bicyclic) bond motifs is 5. The van der Waals surface area contributed by atoms with Crippen molar-refractivity contribution in [3.05, 3.63) is 11.6 Å². The highest BCUT2D eigenvalue weighted by Crippen LogP contribution is 2.74. The molecule has 4 aliphatic carbocycles. The molecule has 0 aliphatic heterocycles. The Hall–Kier alpha value is -0.830. The molecule has 0 aromatic carbocycles. The number of aliphatic carboxylic acids is 1. The van der Waals surface area contributed by atoms with Gasteiger partial charge in [-0.3, -0.25) is 4.79 Å². The van der Waals surface area contributed by atoms with E-state index in [9.17, 15) is 15.0 Å². The minimum Gasteiger partial charge on any atom is -0.481 e. The molecule has 0 aromatic rings. The predicted octanol–water partition coefficient (Wildman–Crippen LogP) is 7.62. The summed E-state index contributed by atoms with van der Waals surface area (Å²) in [6.07, 6.45) is 13.2. The van der Waals surface area contributed by atoms with Crippen LogP contribution < -0.4 is 0 Å². The van der Waals surface area contributed by atoms with E-state index in [1.54, 1.807) is 5.57 Å². The SMILES string of the molecule is CC1(C)CC[C@]2(C)CC[C@]3(C)C(=CC[C@@H]4[C@@](C)(CCC(=O)O)[C@H](C(C)(C)O)CC[C@]43C)[C@@H]2C1. The van der Waals surface area contributed by atoms with E-state index in [0.29, 0.717) is 29.1 Å². The smallest absolute Gasteiger partial charge is 0.303 e. The third kappa shape index (κ3) is 3.74. The number of rotatable bonds is 4. The van der Waals surface area contributed by atoms with Gasteiger partial charge in [-0.2, -0.15) is 0 Å². The minimum absolute atomic E-state index is 0.128. The van der Waals surface area contributed by atoms with Crippen molar-refractivity contribution in [1.29, 1.82) is 0 Å².